The summed E-state index contributed by atoms with van der Waals surface area (Å²) in [6.07, 6.45) is 0.914. The van der Waals surface area contributed by atoms with E-state index < -0.39 is 8.32 Å². The van der Waals surface area contributed by atoms with Crippen LogP contribution in [0.2, 0.25) is 18.1 Å². The number of amides is 1. The quantitative estimate of drug-likeness (QED) is 0.416. The minimum Gasteiger partial charge on any atom is -0.413 e. The Morgan fingerprint density at radius 1 is 1.37 bits per heavy atom. The zero-order chi connectivity index (χ0) is 20.6. The number of β-lactam (4-membered cyclic amide) rings is 1. The number of nitrogens with zero attached hydrogens (tertiary/aromatic N) is 2. The van der Waals surface area contributed by atoms with E-state index in [1.165, 1.54) is 0 Å². The lowest BCUT2D eigenvalue weighted by molar-refractivity contribution is -0.139. The lowest BCUT2D eigenvalue weighted by atomic mass is 9.83. The normalized spacial score (nSPS) is 21.6. The highest BCUT2D eigenvalue weighted by Gasteiger charge is 2.48. The molecule has 0 unspecified atom stereocenters. The van der Waals surface area contributed by atoms with Gasteiger partial charge in [0.15, 0.2) is 14.1 Å². The lowest BCUT2D eigenvalue weighted by Gasteiger charge is -2.45. The molecule has 1 fully saturated rings. The summed E-state index contributed by atoms with van der Waals surface area (Å²) in [6, 6.07) is 1.69. The lowest BCUT2D eigenvalue weighted by Crippen LogP contribution is -2.64. The summed E-state index contributed by atoms with van der Waals surface area (Å²) in [5.41, 5.74) is 1.55. The molecule has 27 heavy (non-hydrogen) atoms. The minimum atomic E-state index is -1.97. The highest BCUT2D eigenvalue weighted by atomic mass is 28.4. The Bertz CT molecular complexity index is 684. The van der Waals surface area contributed by atoms with Gasteiger partial charge in [0.05, 0.1) is 18.1 Å². The van der Waals surface area contributed by atoms with Crippen LogP contribution in [0.25, 0.3) is 0 Å². The van der Waals surface area contributed by atoms with Gasteiger partial charge in [0.25, 0.3) is 0 Å². The molecule has 0 aromatic carbocycles. The van der Waals surface area contributed by atoms with Gasteiger partial charge in [-0.25, -0.2) is 0 Å². The average Bonchev–Trinajstić information content (AvgIpc) is 2.95. The summed E-state index contributed by atoms with van der Waals surface area (Å²) in [5, 5.41) is 7.39. The number of Topliss-reactive ketones (excluding diaryl/α,β-unsaturated/α-hetero) is 1. The van der Waals surface area contributed by atoms with Crippen LogP contribution in [-0.4, -0.2) is 41.9 Å². The standard InChI is InChI=1S/C20H35N3O3Si/c1-9-14-11-15(22-23(14)10-2)17(24)12-16-18(19(25)21-16)13(3)26-27(7,8)20(4,5)6/h11,13,16,18H,9-10,12H2,1-8H3,(H,21,25)/t13-,16-,18-/m1/s1. The van der Waals surface area contributed by atoms with Crippen molar-refractivity contribution in [2.24, 2.45) is 5.92 Å². The van der Waals surface area contributed by atoms with Crippen LogP contribution in [0.1, 0.15) is 64.1 Å². The van der Waals surface area contributed by atoms with Gasteiger partial charge in [0, 0.05) is 18.7 Å². The second-order valence-electron chi connectivity index (χ2n) is 9.04. The molecule has 0 radical (unpaired) electrons. The van der Waals surface area contributed by atoms with E-state index in [2.05, 4.69) is 51.2 Å². The largest absolute Gasteiger partial charge is 0.413 e. The van der Waals surface area contributed by atoms with Crippen molar-refractivity contribution in [3.8, 4) is 0 Å². The molecule has 1 aliphatic rings. The number of aromatic nitrogens is 2. The van der Waals surface area contributed by atoms with Gasteiger partial charge in [0.2, 0.25) is 5.91 Å². The smallest absolute Gasteiger partial charge is 0.228 e. The average molecular weight is 394 g/mol. The number of aryl methyl sites for hydroxylation is 2. The fraction of sp³-hybridized carbons (Fsp3) is 0.750. The maximum atomic E-state index is 12.7. The summed E-state index contributed by atoms with van der Waals surface area (Å²) >= 11 is 0. The maximum absolute atomic E-state index is 12.7. The molecule has 1 aromatic heterocycles. The first-order valence-electron chi connectivity index (χ1n) is 9.99. The number of hydrogen-bond acceptors (Lipinski definition) is 4. The van der Waals surface area contributed by atoms with Crippen LogP contribution >= 0.6 is 0 Å². The van der Waals surface area contributed by atoms with Crippen molar-refractivity contribution >= 4 is 20.0 Å². The van der Waals surface area contributed by atoms with Crippen molar-refractivity contribution in [3.05, 3.63) is 17.5 Å². The highest BCUT2D eigenvalue weighted by Crippen LogP contribution is 2.39. The zero-order valence-corrected chi connectivity index (χ0v) is 19.0. The predicted molar refractivity (Wildman–Crippen MR) is 109 cm³/mol. The third-order valence-electron chi connectivity index (χ3n) is 6.07. The van der Waals surface area contributed by atoms with Crippen molar-refractivity contribution in [2.75, 3.05) is 0 Å². The Balaban J connectivity index is 2.06. The van der Waals surface area contributed by atoms with Crippen LogP contribution in [0.15, 0.2) is 6.07 Å². The highest BCUT2D eigenvalue weighted by molar-refractivity contribution is 6.74. The van der Waals surface area contributed by atoms with E-state index in [0.717, 1.165) is 18.7 Å². The number of hydrogen-bond donors (Lipinski definition) is 1. The number of rotatable bonds is 8. The van der Waals surface area contributed by atoms with Crippen LogP contribution in [-0.2, 0) is 22.2 Å². The predicted octanol–water partition coefficient (Wildman–Crippen LogP) is 3.56. The molecular formula is C20H35N3O3Si. The third-order valence-corrected chi connectivity index (χ3v) is 10.6. The third kappa shape index (κ3) is 4.51. The maximum Gasteiger partial charge on any atom is 0.228 e. The molecule has 3 atom stereocenters. The van der Waals surface area contributed by atoms with Crippen molar-refractivity contribution < 1.29 is 14.0 Å². The fourth-order valence-electron chi connectivity index (χ4n) is 3.34. The summed E-state index contributed by atoms with van der Waals surface area (Å²) in [5.74, 6) is -0.319. The van der Waals surface area contributed by atoms with Gasteiger partial charge < -0.3 is 9.74 Å². The number of carbonyl (C=O) groups excluding carboxylic acids is 2. The van der Waals surface area contributed by atoms with Gasteiger partial charge in [-0.05, 0) is 44.5 Å². The van der Waals surface area contributed by atoms with E-state index in [9.17, 15) is 9.59 Å². The topological polar surface area (TPSA) is 73.2 Å². The molecule has 0 spiro atoms. The first kappa shape index (κ1) is 21.8. The molecule has 1 saturated heterocycles. The second-order valence-corrected chi connectivity index (χ2v) is 13.8. The van der Waals surface area contributed by atoms with Crippen molar-refractivity contribution in [1.82, 2.24) is 15.1 Å². The Labute approximate surface area is 164 Å². The summed E-state index contributed by atoms with van der Waals surface area (Å²) in [7, 11) is -1.97. The summed E-state index contributed by atoms with van der Waals surface area (Å²) in [6.45, 7) is 17.7. The number of ketones is 1. The summed E-state index contributed by atoms with van der Waals surface area (Å²) < 4.78 is 8.27. The molecular weight excluding hydrogens is 358 g/mol. The van der Waals surface area contributed by atoms with E-state index in [0.29, 0.717) is 5.69 Å². The van der Waals surface area contributed by atoms with Crippen molar-refractivity contribution in [1.29, 1.82) is 0 Å². The summed E-state index contributed by atoms with van der Waals surface area (Å²) in [4.78, 5) is 24.9. The Kier molecular flexibility index (Phi) is 6.36. The fourth-order valence-corrected chi connectivity index (χ4v) is 4.77. The molecule has 0 saturated carbocycles. The number of nitrogens with one attached hydrogen (secondary N) is 1. The van der Waals surface area contributed by atoms with E-state index in [-0.39, 0.29) is 41.2 Å². The van der Waals surface area contributed by atoms with Gasteiger partial charge in [-0.2, -0.15) is 5.10 Å². The van der Waals surface area contributed by atoms with Gasteiger partial charge in [0.1, 0.15) is 5.69 Å². The molecule has 7 heteroatoms. The van der Waals surface area contributed by atoms with E-state index in [1.807, 2.05) is 24.6 Å². The molecule has 2 heterocycles. The van der Waals surface area contributed by atoms with Gasteiger partial charge in [-0.1, -0.05) is 27.7 Å². The van der Waals surface area contributed by atoms with Gasteiger partial charge >= 0.3 is 0 Å². The Hall–Kier alpha value is -1.47. The van der Waals surface area contributed by atoms with Crippen LogP contribution in [0, 0.1) is 5.92 Å². The van der Waals surface area contributed by atoms with Crippen molar-refractivity contribution in [3.63, 3.8) is 0 Å². The monoisotopic (exact) mass is 393 g/mol. The molecule has 1 aliphatic heterocycles. The minimum absolute atomic E-state index is 0.0210. The van der Waals surface area contributed by atoms with Crippen LogP contribution in [0.4, 0.5) is 0 Å². The second kappa shape index (κ2) is 7.87. The molecule has 0 aliphatic carbocycles. The zero-order valence-electron chi connectivity index (χ0n) is 18.0. The molecule has 1 N–H and O–H groups in total. The molecule has 152 valence electrons. The van der Waals surface area contributed by atoms with Gasteiger partial charge in [-0.3, -0.25) is 14.3 Å². The first-order chi connectivity index (χ1) is 12.4. The van der Waals surface area contributed by atoms with Crippen molar-refractivity contribution in [2.45, 2.75) is 91.2 Å². The van der Waals surface area contributed by atoms with Gasteiger partial charge in [-0.15, -0.1) is 0 Å². The van der Waals surface area contributed by atoms with Crippen LogP contribution in [0.5, 0.6) is 0 Å². The van der Waals surface area contributed by atoms with Crippen LogP contribution < -0.4 is 5.32 Å². The molecule has 1 amide bonds. The first-order valence-corrected chi connectivity index (χ1v) is 12.9. The molecule has 1 aromatic rings. The van der Waals surface area contributed by atoms with E-state index >= 15 is 0 Å². The SMILES string of the molecule is CCc1cc(C(=O)C[C@H]2NC(=O)[C@@H]2[C@@H](C)O[Si](C)(C)C(C)(C)C)nn1CC. The molecule has 2 rings (SSSR count). The molecule has 6 nitrogen and oxygen atoms in total. The Morgan fingerprint density at radius 3 is 2.44 bits per heavy atom. The van der Waals surface area contributed by atoms with Crippen LogP contribution in [0.3, 0.4) is 0 Å². The van der Waals surface area contributed by atoms with E-state index in [1.54, 1.807) is 0 Å². The van der Waals surface area contributed by atoms with E-state index in [4.69, 9.17) is 4.43 Å². The molecule has 0 bridgehead atoms. The number of carbonyl (C=O) groups is 2. The Morgan fingerprint density at radius 2 is 2.00 bits per heavy atom.